The van der Waals surface area contributed by atoms with E-state index in [0.29, 0.717) is 24.2 Å². The smallest absolute Gasteiger partial charge is 0.134 e. The van der Waals surface area contributed by atoms with E-state index >= 15 is 0 Å². The van der Waals surface area contributed by atoms with Crippen LogP contribution in [0.25, 0.3) is 10.9 Å². The molecule has 0 spiro atoms. The van der Waals surface area contributed by atoms with Gasteiger partial charge < -0.3 is 25.2 Å². The highest BCUT2D eigenvalue weighted by molar-refractivity contribution is 5.95. The molecule has 1 aromatic carbocycles. The first-order chi connectivity index (χ1) is 19.4. The molecule has 10 heteroatoms. The molecule has 5 heterocycles. The van der Waals surface area contributed by atoms with E-state index in [4.69, 9.17) is 11.8 Å². The predicted octanol–water partition coefficient (Wildman–Crippen LogP) is 2.40. The second-order valence-electron chi connectivity index (χ2n) is 10.8. The van der Waals surface area contributed by atoms with Crippen LogP contribution in [-0.4, -0.2) is 98.2 Å². The lowest BCUT2D eigenvalue weighted by molar-refractivity contribution is -0.0327. The van der Waals surface area contributed by atoms with E-state index < -0.39 is 12.2 Å². The SMILES string of the molecule is [2H]c1ccc2c(N3C[C@H](CN4CCN(c5ccc(N6C[C@H](N)[C@@H](F)C6)nc5)CC4)O[C@H](C)C3)ccc(C#N)c2n1. The summed E-state index contributed by atoms with van der Waals surface area (Å²) in [6.45, 7) is 8.90. The van der Waals surface area contributed by atoms with Gasteiger partial charge in [0.1, 0.15) is 18.1 Å². The van der Waals surface area contributed by atoms with E-state index in [1.54, 1.807) is 12.1 Å². The number of piperazine rings is 1. The van der Waals surface area contributed by atoms with Crippen molar-refractivity contribution in [2.75, 3.05) is 73.6 Å². The number of ether oxygens (including phenoxy) is 1. The molecule has 2 aromatic heterocycles. The van der Waals surface area contributed by atoms with E-state index in [1.165, 1.54) is 0 Å². The second kappa shape index (κ2) is 10.9. The lowest BCUT2D eigenvalue weighted by Crippen LogP contribution is -2.54. The van der Waals surface area contributed by atoms with Gasteiger partial charge in [0.05, 0.1) is 49.1 Å². The number of morpholine rings is 1. The summed E-state index contributed by atoms with van der Waals surface area (Å²) < 4.78 is 28.1. The van der Waals surface area contributed by atoms with E-state index in [1.807, 2.05) is 29.3 Å². The Morgan fingerprint density at radius 3 is 2.62 bits per heavy atom. The fourth-order valence-electron chi connectivity index (χ4n) is 6.02. The van der Waals surface area contributed by atoms with Crippen molar-refractivity contribution >= 4 is 28.1 Å². The second-order valence-corrected chi connectivity index (χ2v) is 10.8. The molecule has 9 nitrogen and oxygen atoms in total. The number of nitrogens with zero attached hydrogens (tertiary/aromatic N) is 7. The Kier molecular flexibility index (Phi) is 6.87. The van der Waals surface area contributed by atoms with Crippen molar-refractivity contribution in [2.45, 2.75) is 31.3 Å². The van der Waals surface area contributed by atoms with Crippen molar-refractivity contribution in [1.82, 2.24) is 14.9 Å². The van der Waals surface area contributed by atoms with E-state index in [9.17, 15) is 9.65 Å². The molecular formula is C29H35FN8O. The number of nitrogens with two attached hydrogens (primary N) is 1. The van der Waals surface area contributed by atoms with Crippen LogP contribution in [0.1, 0.15) is 13.9 Å². The summed E-state index contributed by atoms with van der Waals surface area (Å²) in [5, 5.41) is 10.4. The molecule has 0 saturated carbocycles. The van der Waals surface area contributed by atoms with Crippen LogP contribution in [0.2, 0.25) is 0 Å². The highest BCUT2D eigenvalue weighted by Gasteiger charge is 2.31. The minimum atomic E-state index is -1.00. The number of alkyl halides is 1. The van der Waals surface area contributed by atoms with Crippen molar-refractivity contribution in [3.05, 3.63) is 54.3 Å². The number of rotatable bonds is 5. The minimum Gasteiger partial charge on any atom is -0.370 e. The van der Waals surface area contributed by atoms with Gasteiger partial charge in [0.15, 0.2) is 0 Å². The quantitative estimate of drug-likeness (QED) is 0.532. The zero-order valence-corrected chi connectivity index (χ0v) is 22.2. The van der Waals surface area contributed by atoms with Crippen LogP contribution < -0.4 is 20.4 Å². The number of fused-ring (bicyclic) bond motifs is 1. The third kappa shape index (κ3) is 5.35. The van der Waals surface area contributed by atoms with Gasteiger partial charge in [-0.15, -0.1) is 0 Å². The highest BCUT2D eigenvalue weighted by atomic mass is 19.1. The first-order valence-corrected chi connectivity index (χ1v) is 13.7. The zero-order valence-electron chi connectivity index (χ0n) is 23.2. The van der Waals surface area contributed by atoms with E-state index in [2.05, 4.69) is 43.7 Å². The zero-order chi connectivity index (χ0) is 27.8. The molecule has 4 atom stereocenters. The first-order valence-electron chi connectivity index (χ1n) is 14.2. The van der Waals surface area contributed by atoms with Crippen molar-refractivity contribution in [1.29, 1.82) is 5.26 Å². The van der Waals surface area contributed by atoms with Gasteiger partial charge in [-0.05, 0) is 43.3 Å². The summed E-state index contributed by atoms with van der Waals surface area (Å²) in [6, 6.07) is 13.2. The normalized spacial score (nSPS) is 26.6. The van der Waals surface area contributed by atoms with Crippen LogP contribution in [0.3, 0.4) is 0 Å². The molecule has 204 valence electrons. The lowest BCUT2D eigenvalue weighted by atomic mass is 10.1. The summed E-state index contributed by atoms with van der Waals surface area (Å²) in [7, 11) is 0. The summed E-state index contributed by atoms with van der Waals surface area (Å²) in [5.41, 5.74) is 9.00. The standard InChI is InChI=1S/C29H35FN8O/c1-20-15-37(27-6-4-21(13-31)29-24(27)3-2-8-33-29)17-23(39-20)16-35-9-11-36(12-10-35)22-5-7-28(34-14-22)38-18-25(30)26(32)19-38/h2-8,14,20,23,25-26H,9-12,15-19,32H2,1H3/t20-,23+,25+,26+/m1/s1/i8D. The molecule has 0 aliphatic carbocycles. The van der Waals surface area contributed by atoms with Crippen LogP contribution in [-0.2, 0) is 4.74 Å². The molecular weight excluding hydrogens is 495 g/mol. The van der Waals surface area contributed by atoms with Gasteiger partial charge in [0.2, 0.25) is 0 Å². The number of halogens is 1. The Hall–Kier alpha value is -3.52. The third-order valence-electron chi connectivity index (χ3n) is 8.03. The van der Waals surface area contributed by atoms with Crippen molar-refractivity contribution in [2.24, 2.45) is 5.73 Å². The van der Waals surface area contributed by atoms with E-state index in [-0.39, 0.29) is 18.4 Å². The van der Waals surface area contributed by atoms with Crippen molar-refractivity contribution in [3.8, 4) is 6.07 Å². The van der Waals surface area contributed by atoms with Gasteiger partial charge in [0, 0.05) is 69.6 Å². The topological polar surface area (TPSA) is 97.8 Å². The Morgan fingerprint density at radius 2 is 1.90 bits per heavy atom. The number of aromatic nitrogens is 2. The van der Waals surface area contributed by atoms with Crippen LogP contribution in [0.4, 0.5) is 21.6 Å². The Labute approximate surface area is 230 Å². The molecule has 0 unspecified atom stereocenters. The molecule has 0 radical (unpaired) electrons. The van der Waals surface area contributed by atoms with Crippen LogP contribution in [0, 0.1) is 11.3 Å². The molecule has 6 rings (SSSR count). The van der Waals surface area contributed by atoms with Gasteiger partial charge in [-0.3, -0.25) is 9.88 Å². The Balaban J connectivity index is 1.07. The number of nitriles is 1. The molecule has 3 aromatic rings. The maximum atomic E-state index is 13.8. The Bertz CT molecular complexity index is 1380. The molecule has 3 saturated heterocycles. The highest BCUT2D eigenvalue weighted by Crippen LogP contribution is 2.30. The van der Waals surface area contributed by atoms with Crippen molar-refractivity contribution < 1.29 is 10.5 Å². The van der Waals surface area contributed by atoms with Gasteiger partial charge in [-0.1, -0.05) is 0 Å². The monoisotopic (exact) mass is 531 g/mol. The number of pyridine rings is 2. The molecule has 2 N–H and O–H groups in total. The molecule has 0 amide bonds. The molecule has 39 heavy (non-hydrogen) atoms. The maximum absolute atomic E-state index is 13.8. The molecule has 3 fully saturated rings. The minimum absolute atomic E-state index is 0.0523. The number of benzene rings is 1. The van der Waals surface area contributed by atoms with Gasteiger partial charge in [-0.25, -0.2) is 9.37 Å². The van der Waals surface area contributed by atoms with Crippen LogP contribution >= 0.6 is 0 Å². The first kappa shape index (κ1) is 24.5. The molecule has 0 bridgehead atoms. The number of hydrogen-bond acceptors (Lipinski definition) is 9. The van der Waals surface area contributed by atoms with Crippen LogP contribution in [0.15, 0.2) is 48.8 Å². The molecule has 3 aliphatic rings. The average molecular weight is 532 g/mol. The predicted molar refractivity (Wildman–Crippen MR) is 151 cm³/mol. The number of anilines is 3. The maximum Gasteiger partial charge on any atom is 0.134 e. The van der Waals surface area contributed by atoms with Gasteiger partial charge in [-0.2, -0.15) is 5.26 Å². The lowest BCUT2D eigenvalue weighted by Gasteiger charge is -2.42. The van der Waals surface area contributed by atoms with Crippen LogP contribution in [0.5, 0.6) is 0 Å². The summed E-state index contributed by atoms with van der Waals surface area (Å²) in [5.74, 6) is 0.775. The Morgan fingerprint density at radius 1 is 1.05 bits per heavy atom. The third-order valence-corrected chi connectivity index (χ3v) is 8.03. The largest absolute Gasteiger partial charge is 0.370 e. The fourth-order valence-corrected chi connectivity index (χ4v) is 6.02. The van der Waals surface area contributed by atoms with Gasteiger partial charge >= 0.3 is 0 Å². The van der Waals surface area contributed by atoms with Crippen molar-refractivity contribution in [3.63, 3.8) is 0 Å². The number of hydrogen-bond donors (Lipinski definition) is 1. The summed E-state index contributed by atoms with van der Waals surface area (Å²) in [6.07, 6.45) is 1.15. The summed E-state index contributed by atoms with van der Waals surface area (Å²) >= 11 is 0. The fraction of sp³-hybridized carbons (Fsp3) is 0.483. The van der Waals surface area contributed by atoms with E-state index in [0.717, 1.165) is 68.4 Å². The van der Waals surface area contributed by atoms with Gasteiger partial charge in [0.25, 0.3) is 0 Å². The average Bonchev–Trinajstić information content (AvgIpc) is 3.30. The summed E-state index contributed by atoms with van der Waals surface area (Å²) in [4.78, 5) is 18.0. The molecule has 3 aliphatic heterocycles.